The van der Waals surface area contributed by atoms with Gasteiger partial charge in [0, 0.05) is 24.7 Å². The molecule has 3 atom stereocenters. The summed E-state index contributed by atoms with van der Waals surface area (Å²) in [6, 6.07) is 23.3. The van der Waals surface area contributed by atoms with Crippen molar-refractivity contribution in [2.75, 3.05) is 25.2 Å². The second kappa shape index (κ2) is 18.5. The molecule has 0 spiro atoms. The minimum atomic E-state index is -1.01. The minimum Gasteiger partial charge on any atom is -0.492 e. The third-order valence-corrected chi connectivity index (χ3v) is 8.88. The lowest BCUT2D eigenvalue weighted by atomic mass is 9.93. The predicted molar refractivity (Wildman–Crippen MR) is 184 cm³/mol. The van der Waals surface area contributed by atoms with Crippen molar-refractivity contribution in [3.8, 4) is 16.9 Å². The van der Waals surface area contributed by atoms with Crippen molar-refractivity contribution in [2.24, 2.45) is 5.92 Å². The Kier molecular flexibility index (Phi) is 14.8. The standard InChI is InChI=1S/C33H40N2O4S.C4H10/c1-4-24-18-26(22-39-27-11-6-5-7-12-27)35(20-24)21-25-14-15-29(30(19-25)28-13-9-8-10-23(28)2)32(36)34-31(33(37)38)16-17-40-3;1-3-4-2/h5-15,19,24,26,31H,4,16-18,20-22H2,1-3H3,(H,34,36)(H,37,38);3-4H2,1-2H3. The summed E-state index contributed by atoms with van der Waals surface area (Å²) in [5.41, 5.74) is 4.47. The number of hydrogen-bond acceptors (Lipinski definition) is 5. The molecule has 2 N–H and O–H groups in total. The number of aliphatic carboxylic acids is 1. The molecule has 0 saturated carbocycles. The molecule has 3 aromatic rings. The highest BCUT2D eigenvalue weighted by Gasteiger charge is 2.32. The van der Waals surface area contributed by atoms with Crippen LogP contribution >= 0.6 is 11.8 Å². The molecule has 238 valence electrons. The topological polar surface area (TPSA) is 78.9 Å². The smallest absolute Gasteiger partial charge is 0.326 e. The number of amides is 1. The first-order chi connectivity index (χ1) is 21.3. The van der Waals surface area contributed by atoms with E-state index in [0.29, 0.717) is 36.3 Å². The molecule has 0 bridgehead atoms. The fourth-order valence-electron chi connectivity index (χ4n) is 5.41. The van der Waals surface area contributed by atoms with E-state index in [-0.39, 0.29) is 5.91 Å². The first kappa shape index (κ1) is 35.2. The van der Waals surface area contributed by atoms with Gasteiger partial charge < -0.3 is 15.2 Å². The van der Waals surface area contributed by atoms with E-state index in [2.05, 4.69) is 37.1 Å². The van der Waals surface area contributed by atoms with Gasteiger partial charge in [-0.2, -0.15) is 11.8 Å². The zero-order valence-corrected chi connectivity index (χ0v) is 27.9. The van der Waals surface area contributed by atoms with Gasteiger partial charge in [0.2, 0.25) is 0 Å². The second-order valence-corrected chi connectivity index (χ2v) is 12.5. The molecule has 1 amide bonds. The van der Waals surface area contributed by atoms with E-state index in [0.717, 1.165) is 53.9 Å². The molecule has 1 aliphatic rings. The summed E-state index contributed by atoms with van der Waals surface area (Å²) in [7, 11) is 0. The van der Waals surface area contributed by atoms with Crippen molar-refractivity contribution in [3.63, 3.8) is 0 Å². The number of aryl methyl sites for hydroxylation is 1. The molecule has 1 aliphatic heterocycles. The maximum absolute atomic E-state index is 13.4. The monoisotopic (exact) mass is 618 g/mol. The average Bonchev–Trinajstić information content (AvgIpc) is 3.44. The quantitative estimate of drug-likeness (QED) is 0.190. The van der Waals surface area contributed by atoms with Crippen molar-refractivity contribution < 1.29 is 19.4 Å². The molecule has 3 aromatic carbocycles. The number of carboxylic acid groups (broad SMARTS) is 1. The molecule has 6 nitrogen and oxygen atoms in total. The fourth-order valence-corrected chi connectivity index (χ4v) is 5.88. The molecule has 0 radical (unpaired) electrons. The van der Waals surface area contributed by atoms with Crippen molar-refractivity contribution in [1.29, 1.82) is 0 Å². The summed E-state index contributed by atoms with van der Waals surface area (Å²) in [6.45, 7) is 11.0. The number of nitrogens with zero attached hydrogens (tertiary/aromatic N) is 1. The summed E-state index contributed by atoms with van der Waals surface area (Å²) in [6.07, 6.45) is 7.17. The summed E-state index contributed by atoms with van der Waals surface area (Å²) in [5, 5.41) is 12.4. The van der Waals surface area contributed by atoms with E-state index in [4.69, 9.17) is 4.74 Å². The van der Waals surface area contributed by atoms with Crippen LogP contribution in [0.2, 0.25) is 0 Å². The Hall–Kier alpha value is -3.29. The van der Waals surface area contributed by atoms with Crippen LogP contribution in [0, 0.1) is 12.8 Å². The van der Waals surface area contributed by atoms with Gasteiger partial charge in [-0.05, 0) is 84.2 Å². The van der Waals surface area contributed by atoms with E-state index in [9.17, 15) is 14.7 Å². The number of benzene rings is 3. The van der Waals surface area contributed by atoms with E-state index in [1.807, 2.05) is 79.9 Å². The van der Waals surface area contributed by atoms with Crippen molar-refractivity contribution in [3.05, 3.63) is 89.5 Å². The number of rotatable bonds is 14. The lowest BCUT2D eigenvalue weighted by Gasteiger charge is -2.25. The van der Waals surface area contributed by atoms with E-state index >= 15 is 0 Å². The predicted octanol–water partition coefficient (Wildman–Crippen LogP) is 8.08. The fraction of sp³-hybridized carbons (Fsp3) is 0.459. The Morgan fingerprint density at radius 3 is 2.34 bits per heavy atom. The molecule has 7 heteroatoms. The van der Waals surface area contributed by atoms with Crippen LogP contribution in [0.15, 0.2) is 72.8 Å². The number of nitrogens with one attached hydrogen (secondary N) is 1. The van der Waals surface area contributed by atoms with Gasteiger partial charge in [0.05, 0.1) is 0 Å². The van der Waals surface area contributed by atoms with Gasteiger partial charge in [0.1, 0.15) is 18.4 Å². The maximum Gasteiger partial charge on any atom is 0.326 e. The number of hydrogen-bond donors (Lipinski definition) is 2. The van der Waals surface area contributed by atoms with Gasteiger partial charge in [-0.15, -0.1) is 0 Å². The number of para-hydroxylation sites is 1. The highest BCUT2D eigenvalue weighted by Crippen LogP contribution is 2.32. The molecule has 1 saturated heterocycles. The number of thioether (sulfide) groups is 1. The highest BCUT2D eigenvalue weighted by atomic mass is 32.2. The Morgan fingerprint density at radius 2 is 1.70 bits per heavy atom. The number of ether oxygens (including phenoxy) is 1. The van der Waals surface area contributed by atoms with E-state index in [1.54, 1.807) is 11.8 Å². The SMILES string of the molecule is CCC1CC(COc2ccccc2)N(Cc2ccc(C(=O)NC(CCSC)C(=O)O)c(-c3ccccc3C)c2)C1.CCCC. The Balaban J connectivity index is 0.00000124. The first-order valence-electron chi connectivity index (χ1n) is 15.9. The zero-order valence-electron chi connectivity index (χ0n) is 27.1. The highest BCUT2D eigenvalue weighted by molar-refractivity contribution is 7.98. The normalized spacial score (nSPS) is 16.9. The number of unbranched alkanes of at least 4 members (excludes halogenated alkanes) is 1. The summed E-state index contributed by atoms with van der Waals surface area (Å²) in [4.78, 5) is 27.7. The second-order valence-electron chi connectivity index (χ2n) is 11.6. The molecule has 4 rings (SSSR count). The van der Waals surface area contributed by atoms with Crippen molar-refractivity contribution >= 4 is 23.6 Å². The summed E-state index contributed by atoms with van der Waals surface area (Å²) >= 11 is 1.56. The van der Waals surface area contributed by atoms with Gasteiger partial charge in [-0.1, -0.05) is 88.6 Å². The molecule has 0 aromatic heterocycles. The van der Waals surface area contributed by atoms with Crippen molar-refractivity contribution in [2.45, 2.75) is 78.4 Å². The van der Waals surface area contributed by atoms with Crippen LogP contribution in [0.3, 0.4) is 0 Å². The Morgan fingerprint density at radius 1 is 1.00 bits per heavy atom. The van der Waals surface area contributed by atoms with E-state index < -0.39 is 12.0 Å². The third-order valence-electron chi connectivity index (χ3n) is 8.24. The average molecular weight is 619 g/mol. The Bertz CT molecular complexity index is 1310. The third kappa shape index (κ3) is 10.4. The molecular weight excluding hydrogens is 568 g/mol. The lowest BCUT2D eigenvalue weighted by Crippen LogP contribution is -2.41. The molecule has 44 heavy (non-hydrogen) atoms. The van der Waals surface area contributed by atoms with Crippen molar-refractivity contribution in [1.82, 2.24) is 10.2 Å². The molecule has 0 aliphatic carbocycles. The molecular formula is C37H50N2O4S. The van der Waals surface area contributed by atoms with Gasteiger partial charge >= 0.3 is 5.97 Å². The van der Waals surface area contributed by atoms with Gasteiger partial charge in [-0.3, -0.25) is 9.69 Å². The number of carbonyl (C=O) groups excluding carboxylic acids is 1. The minimum absolute atomic E-state index is 0.308. The Labute approximate surface area is 268 Å². The first-order valence-corrected chi connectivity index (χ1v) is 17.3. The summed E-state index contributed by atoms with van der Waals surface area (Å²) in [5.74, 6) is 0.792. The zero-order chi connectivity index (χ0) is 31.9. The van der Waals surface area contributed by atoms with Crippen LogP contribution in [0.1, 0.15) is 74.4 Å². The molecule has 3 unspecified atom stereocenters. The van der Waals surface area contributed by atoms with Crippen LogP contribution < -0.4 is 10.1 Å². The van der Waals surface area contributed by atoms with Crippen LogP contribution in [0.5, 0.6) is 5.75 Å². The van der Waals surface area contributed by atoms with Crippen LogP contribution in [-0.4, -0.2) is 59.1 Å². The number of carboxylic acids is 1. The van der Waals surface area contributed by atoms with Gasteiger partial charge in [0.15, 0.2) is 0 Å². The lowest BCUT2D eigenvalue weighted by molar-refractivity contribution is -0.139. The van der Waals surface area contributed by atoms with Gasteiger partial charge in [0.25, 0.3) is 5.91 Å². The van der Waals surface area contributed by atoms with Crippen LogP contribution in [0.25, 0.3) is 11.1 Å². The molecule has 1 heterocycles. The number of likely N-dealkylation sites (tertiary alicyclic amines) is 1. The number of carbonyl (C=O) groups is 2. The van der Waals surface area contributed by atoms with Crippen LogP contribution in [-0.2, 0) is 11.3 Å². The summed E-state index contributed by atoms with van der Waals surface area (Å²) < 4.78 is 6.15. The van der Waals surface area contributed by atoms with Crippen LogP contribution in [0.4, 0.5) is 0 Å². The maximum atomic E-state index is 13.4. The van der Waals surface area contributed by atoms with E-state index in [1.165, 1.54) is 12.8 Å². The molecule has 1 fully saturated rings. The largest absolute Gasteiger partial charge is 0.492 e. The van der Waals surface area contributed by atoms with Gasteiger partial charge in [-0.25, -0.2) is 4.79 Å².